The summed E-state index contributed by atoms with van der Waals surface area (Å²) in [5.74, 6) is 1.76. The second kappa shape index (κ2) is 8.55. The fraction of sp³-hybridized carbons (Fsp3) is 0.500. The molecule has 0 radical (unpaired) electrons. The largest absolute Gasteiger partial charge is 0.320 e. The second-order valence-electron chi connectivity index (χ2n) is 7.13. The van der Waals surface area contributed by atoms with Gasteiger partial charge in [-0.15, -0.1) is 11.8 Å². The van der Waals surface area contributed by atoms with Crippen molar-refractivity contribution in [2.24, 2.45) is 5.92 Å². The molecule has 0 saturated carbocycles. The molecule has 2 aromatic heterocycles. The molecule has 0 aliphatic carbocycles. The van der Waals surface area contributed by atoms with E-state index in [0.717, 1.165) is 28.4 Å². The van der Waals surface area contributed by atoms with Gasteiger partial charge in [-0.25, -0.2) is 4.98 Å². The van der Waals surface area contributed by atoms with Gasteiger partial charge in [0.25, 0.3) is 5.91 Å². The van der Waals surface area contributed by atoms with Crippen LogP contribution in [0.15, 0.2) is 40.2 Å². The van der Waals surface area contributed by atoms with Gasteiger partial charge in [-0.3, -0.25) is 4.79 Å². The number of carbonyl (C=O) groups excluding carboxylic acids is 1. The second-order valence-corrected chi connectivity index (χ2v) is 8.92. The predicted molar refractivity (Wildman–Crippen MR) is 109 cm³/mol. The average molecular weight is 388 g/mol. The third kappa shape index (κ3) is 4.13. The van der Waals surface area contributed by atoms with Crippen molar-refractivity contribution >= 4 is 34.7 Å². The molecule has 0 aromatic carbocycles. The number of piperidine rings is 2. The zero-order chi connectivity index (χ0) is 17.8. The summed E-state index contributed by atoms with van der Waals surface area (Å²) < 4.78 is 0. The molecule has 4 nitrogen and oxygen atoms in total. The molecule has 0 unspecified atom stereocenters. The van der Waals surface area contributed by atoms with Crippen molar-refractivity contribution in [1.82, 2.24) is 9.88 Å². The quantitative estimate of drug-likeness (QED) is 0.752. The predicted octanol–water partition coefficient (Wildman–Crippen LogP) is 4.75. The van der Waals surface area contributed by atoms with Crippen molar-refractivity contribution in [2.45, 2.75) is 43.2 Å². The number of anilines is 1. The molecule has 4 heterocycles. The van der Waals surface area contributed by atoms with Crippen LogP contribution in [0.5, 0.6) is 0 Å². The van der Waals surface area contributed by atoms with Crippen LogP contribution in [0, 0.1) is 5.92 Å². The van der Waals surface area contributed by atoms with Gasteiger partial charge in [0.2, 0.25) is 0 Å². The molecule has 26 heavy (non-hydrogen) atoms. The highest BCUT2D eigenvalue weighted by Crippen LogP contribution is 2.35. The molecule has 1 N–H and O–H groups in total. The van der Waals surface area contributed by atoms with Crippen molar-refractivity contribution in [2.75, 3.05) is 24.2 Å². The number of nitrogens with zero attached hydrogens (tertiary/aromatic N) is 2. The number of pyridine rings is 1. The van der Waals surface area contributed by atoms with Crippen LogP contribution in [0.4, 0.5) is 5.69 Å². The Morgan fingerprint density at radius 1 is 1.27 bits per heavy atom. The summed E-state index contributed by atoms with van der Waals surface area (Å²) in [6, 6.07) is 6.44. The van der Waals surface area contributed by atoms with E-state index in [1.807, 2.05) is 35.2 Å². The van der Waals surface area contributed by atoms with Gasteiger partial charge >= 0.3 is 0 Å². The minimum absolute atomic E-state index is 0.0581. The number of hydrogen-bond donors (Lipinski definition) is 1. The maximum absolute atomic E-state index is 12.4. The summed E-state index contributed by atoms with van der Waals surface area (Å²) in [7, 11) is 0. The van der Waals surface area contributed by atoms with Crippen LogP contribution in [-0.2, 0) is 0 Å². The molecule has 2 fully saturated rings. The number of hydrogen-bond acceptors (Lipinski definition) is 5. The highest BCUT2D eigenvalue weighted by Gasteiger charge is 2.33. The van der Waals surface area contributed by atoms with Gasteiger partial charge in [-0.05, 0) is 68.3 Å². The van der Waals surface area contributed by atoms with Crippen LogP contribution in [-0.4, -0.2) is 40.7 Å². The lowest BCUT2D eigenvalue weighted by Gasteiger charge is -2.44. The van der Waals surface area contributed by atoms with E-state index >= 15 is 0 Å². The van der Waals surface area contributed by atoms with Gasteiger partial charge in [0.1, 0.15) is 5.03 Å². The molecular weight excluding hydrogens is 362 g/mol. The van der Waals surface area contributed by atoms with E-state index in [-0.39, 0.29) is 5.91 Å². The Balaban J connectivity index is 1.41. The number of nitrogens with one attached hydrogen (secondary N) is 1. The highest BCUT2D eigenvalue weighted by atomic mass is 32.2. The first-order valence-corrected chi connectivity index (χ1v) is 11.4. The Kier molecular flexibility index (Phi) is 5.92. The normalized spacial score (nSPS) is 23.4. The molecule has 2 aliphatic heterocycles. The standard InChI is InChI=1S/C20H25N3OS2/c24-19(16-8-12-25-13-16)22-17-6-3-9-21-20(17)26-14-15-5-4-11-23-10-2-1-7-18(15)23/h3,6,8-9,12-13,15,18H,1-2,4-5,7,10-11,14H2,(H,22,24)/t15-,18+/m0/s1. The van der Waals surface area contributed by atoms with Crippen molar-refractivity contribution < 1.29 is 4.79 Å². The lowest BCUT2D eigenvalue weighted by atomic mass is 9.85. The van der Waals surface area contributed by atoms with E-state index < -0.39 is 0 Å². The lowest BCUT2D eigenvalue weighted by Crippen LogP contribution is -2.48. The van der Waals surface area contributed by atoms with E-state index in [4.69, 9.17) is 0 Å². The van der Waals surface area contributed by atoms with E-state index in [0.29, 0.717) is 5.56 Å². The Morgan fingerprint density at radius 2 is 2.19 bits per heavy atom. The van der Waals surface area contributed by atoms with Crippen LogP contribution in [0.2, 0.25) is 0 Å². The van der Waals surface area contributed by atoms with Gasteiger partial charge in [-0.2, -0.15) is 11.3 Å². The van der Waals surface area contributed by atoms with Gasteiger partial charge in [-0.1, -0.05) is 6.42 Å². The lowest BCUT2D eigenvalue weighted by molar-refractivity contribution is 0.0693. The zero-order valence-corrected chi connectivity index (χ0v) is 16.5. The SMILES string of the molecule is O=C(Nc1cccnc1SC[C@@H]1CCCN2CCCC[C@H]12)c1ccsc1. The smallest absolute Gasteiger partial charge is 0.256 e. The van der Waals surface area contributed by atoms with Gasteiger partial charge < -0.3 is 10.2 Å². The third-order valence-corrected chi connectivity index (χ3v) is 7.34. The summed E-state index contributed by atoms with van der Waals surface area (Å²) in [6.07, 6.45) is 8.51. The van der Waals surface area contributed by atoms with E-state index in [9.17, 15) is 4.79 Å². The minimum Gasteiger partial charge on any atom is -0.320 e. The van der Waals surface area contributed by atoms with E-state index in [1.54, 1.807) is 11.8 Å². The van der Waals surface area contributed by atoms with Crippen LogP contribution < -0.4 is 5.32 Å². The number of thiophene rings is 1. The van der Waals surface area contributed by atoms with Crippen molar-refractivity contribution in [1.29, 1.82) is 0 Å². The topological polar surface area (TPSA) is 45.2 Å². The number of carbonyl (C=O) groups is 1. The molecule has 138 valence electrons. The number of thioether (sulfide) groups is 1. The monoisotopic (exact) mass is 387 g/mol. The molecule has 0 spiro atoms. The molecule has 4 rings (SSSR count). The Hall–Kier alpha value is -1.37. The highest BCUT2D eigenvalue weighted by molar-refractivity contribution is 7.99. The van der Waals surface area contributed by atoms with Crippen LogP contribution in [0.3, 0.4) is 0 Å². The van der Waals surface area contributed by atoms with Crippen LogP contribution in [0.25, 0.3) is 0 Å². The molecule has 2 aliphatic rings. The van der Waals surface area contributed by atoms with Crippen LogP contribution in [0.1, 0.15) is 42.5 Å². The number of amides is 1. The van der Waals surface area contributed by atoms with Crippen molar-refractivity contribution in [3.8, 4) is 0 Å². The van der Waals surface area contributed by atoms with Crippen molar-refractivity contribution in [3.63, 3.8) is 0 Å². The average Bonchev–Trinajstić information content (AvgIpc) is 3.22. The van der Waals surface area contributed by atoms with Gasteiger partial charge in [0.05, 0.1) is 11.3 Å². The molecular formula is C20H25N3OS2. The maximum Gasteiger partial charge on any atom is 0.256 e. The zero-order valence-electron chi connectivity index (χ0n) is 14.9. The molecule has 2 atom stereocenters. The minimum atomic E-state index is -0.0581. The first kappa shape index (κ1) is 18.0. The molecule has 1 amide bonds. The third-order valence-electron chi connectivity index (χ3n) is 5.47. The van der Waals surface area contributed by atoms with Gasteiger partial charge in [0, 0.05) is 23.4 Å². The first-order valence-electron chi connectivity index (χ1n) is 9.46. The van der Waals surface area contributed by atoms with Crippen molar-refractivity contribution in [3.05, 3.63) is 40.7 Å². The van der Waals surface area contributed by atoms with E-state index in [1.165, 1.54) is 56.5 Å². The fourth-order valence-corrected chi connectivity index (χ4v) is 5.95. The fourth-order valence-electron chi connectivity index (χ4n) is 4.15. The number of fused-ring (bicyclic) bond motifs is 1. The maximum atomic E-state index is 12.4. The molecule has 2 saturated heterocycles. The summed E-state index contributed by atoms with van der Waals surface area (Å²) >= 11 is 3.33. The van der Waals surface area contributed by atoms with E-state index in [2.05, 4.69) is 15.2 Å². The molecule has 2 aromatic rings. The summed E-state index contributed by atoms with van der Waals surface area (Å²) in [6.45, 7) is 2.55. The first-order chi connectivity index (χ1) is 12.8. The molecule has 6 heteroatoms. The van der Waals surface area contributed by atoms with Gasteiger partial charge in [0.15, 0.2) is 0 Å². The molecule has 0 bridgehead atoms. The summed E-state index contributed by atoms with van der Waals surface area (Å²) in [5.41, 5.74) is 1.53. The van der Waals surface area contributed by atoms with Crippen LogP contribution >= 0.6 is 23.1 Å². The Morgan fingerprint density at radius 3 is 3.08 bits per heavy atom. The number of aromatic nitrogens is 1. The summed E-state index contributed by atoms with van der Waals surface area (Å²) in [4.78, 5) is 19.6. The Bertz CT molecular complexity index is 732. The Labute approximate surface area is 163 Å². The summed E-state index contributed by atoms with van der Waals surface area (Å²) in [5, 5.41) is 7.76. The number of rotatable bonds is 5.